The van der Waals surface area contributed by atoms with Crippen LogP contribution in [-0.4, -0.2) is 63.8 Å². The summed E-state index contributed by atoms with van der Waals surface area (Å²) in [5.41, 5.74) is 2.62. The van der Waals surface area contributed by atoms with Gasteiger partial charge in [-0.05, 0) is 25.0 Å². The molecule has 2 aliphatic rings. The van der Waals surface area contributed by atoms with Gasteiger partial charge in [0.05, 0.1) is 11.7 Å². The summed E-state index contributed by atoms with van der Waals surface area (Å²) in [4.78, 5) is 44.1. The van der Waals surface area contributed by atoms with Crippen LogP contribution < -0.4 is 4.90 Å². The molecule has 0 aliphatic carbocycles. The van der Waals surface area contributed by atoms with Gasteiger partial charge in [0.25, 0.3) is 5.91 Å². The summed E-state index contributed by atoms with van der Waals surface area (Å²) in [5.74, 6) is 1.52. The first kappa shape index (κ1) is 19.3. The van der Waals surface area contributed by atoms with Crippen molar-refractivity contribution in [3.8, 4) is 0 Å². The van der Waals surface area contributed by atoms with Crippen LogP contribution >= 0.6 is 0 Å². The van der Waals surface area contributed by atoms with Gasteiger partial charge < -0.3 is 14.7 Å². The zero-order valence-corrected chi connectivity index (χ0v) is 17.1. The molecule has 2 amide bonds. The van der Waals surface area contributed by atoms with E-state index in [2.05, 4.69) is 9.97 Å². The van der Waals surface area contributed by atoms with Crippen molar-refractivity contribution in [2.24, 2.45) is 0 Å². The Hall–Kier alpha value is -3.03. The number of carbonyl (C=O) groups excluding carboxylic acids is 2. The fraction of sp³-hybridized carbons (Fsp3) is 0.476. The molecule has 29 heavy (non-hydrogen) atoms. The smallest absolute Gasteiger partial charge is 0.254 e. The van der Waals surface area contributed by atoms with Crippen molar-refractivity contribution in [2.75, 3.05) is 32.1 Å². The first-order chi connectivity index (χ1) is 13.9. The minimum absolute atomic E-state index is 0.0120. The summed E-state index contributed by atoms with van der Waals surface area (Å²) in [6.45, 7) is 3.52. The van der Waals surface area contributed by atoms with Crippen LogP contribution in [0.25, 0.3) is 0 Å². The molecule has 1 fully saturated rings. The normalized spacial score (nSPS) is 18.5. The summed E-state index contributed by atoms with van der Waals surface area (Å²) in [5, 5.41) is 0. The number of rotatable bonds is 3. The van der Waals surface area contributed by atoms with E-state index in [9.17, 15) is 9.59 Å². The molecule has 1 saturated heterocycles. The number of anilines is 1. The lowest BCUT2D eigenvalue weighted by Gasteiger charge is -2.29. The lowest BCUT2D eigenvalue weighted by Crippen LogP contribution is -2.36. The van der Waals surface area contributed by atoms with E-state index in [0.717, 1.165) is 36.3 Å². The Bertz CT molecular complexity index is 945. The van der Waals surface area contributed by atoms with Gasteiger partial charge in [0.1, 0.15) is 5.82 Å². The van der Waals surface area contributed by atoms with Crippen molar-refractivity contribution in [1.82, 2.24) is 24.8 Å². The van der Waals surface area contributed by atoms with E-state index >= 15 is 0 Å². The lowest BCUT2D eigenvalue weighted by atomic mass is 10.1. The maximum absolute atomic E-state index is 13.2. The molecule has 4 rings (SSSR count). The number of pyridine rings is 1. The maximum atomic E-state index is 13.2. The molecule has 8 heteroatoms. The molecule has 0 N–H and O–H groups in total. The van der Waals surface area contributed by atoms with Crippen LogP contribution in [0, 0.1) is 0 Å². The van der Waals surface area contributed by atoms with Gasteiger partial charge in [-0.15, -0.1) is 0 Å². The van der Waals surface area contributed by atoms with Gasteiger partial charge in [-0.1, -0.05) is 0 Å². The van der Waals surface area contributed by atoms with Gasteiger partial charge in [0.2, 0.25) is 5.91 Å². The highest BCUT2D eigenvalue weighted by Gasteiger charge is 2.33. The second-order valence-electron chi connectivity index (χ2n) is 7.84. The molecule has 1 atom stereocenters. The monoisotopic (exact) mass is 394 g/mol. The number of hydrogen-bond acceptors (Lipinski definition) is 6. The summed E-state index contributed by atoms with van der Waals surface area (Å²) in [7, 11) is 3.81. The second kappa shape index (κ2) is 7.77. The molecule has 0 aromatic carbocycles. The highest BCUT2D eigenvalue weighted by atomic mass is 16.2. The predicted octanol–water partition coefficient (Wildman–Crippen LogP) is 1.82. The van der Waals surface area contributed by atoms with Crippen LogP contribution in [0.2, 0.25) is 0 Å². The third-order valence-corrected chi connectivity index (χ3v) is 5.66. The van der Waals surface area contributed by atoms with Crippen LogP contribution in [-0.2, 0) is 17.8 Å². The molecule has 2 aromatic rings. The molecule has 2 aromatic heterocycles. The van der Waals surface area contributed by atoms with Crippen molar-refractivity contribution in [3.63, 3.8) is 0 Å². The number of aromatic nitrogens is 3. The Balaban J connectivity index is 1.57. The van der Waals surface area contributed by atoms with Crippen molar-refractivity contribution in [3.05, 3.63) is 47.2 Å². The Kier molecular flexibility index (Phi) is 5.17. The maximum Gasteiger partial charge on any atom is 0.254 e. The number of likely N-dealkylation sites (tertiary alicyclic amines) is 1. The summed E-state index contributed by atoms with van der Waals surface area (Å²) in [6.07, 6.45) is 6.01. The largest absolute Gasteiger partial charge is 0.363 e. The average molecular weight is 394 g/mol. The van der Waals surface area contributed by atoms with Gasteiger partial charge in [-0.3, -0.25) is 9.59 Å². The summed E-state index contributed by atoms with van der Waals surface area (Å²) < 4.78 is 0. The molecule has 0 saturated carbocycles. The fourth-order valence-corrected chi connectivity index (χ4v) is 4.00. The molecular formula is C21H26N6O2. The zero-order valence-electron chi connectivity index (χ0n) is 17.1. The highest BCUT2D eigenvalue weighted by molar-refractivity contribution is 5.95. The SMILES string of the molecule is CC(=O)N1CCc2nc([C@@H]3CCCN3C(=O)c3ccnc(N(C)C)c3)ncc2C1. The van der Waals surface area contributed by atoms with E-state index in [1.807, 2.05) is 41.1 Å². The standard InChI is InChI=1S/C21H26N6O2/c1-14(28)26-10-7-17-16(13-26)12-23-20(24-17)18-5-4-9-27(18)21(29)15-6-8-22-19(11-15)25(2)3/h6,8,11-12,18H,4-5,7,9-10,13H2,1-3H3/t18-/m0/s1. The van der Waals surface area contributed by atoms with Gasteiger partial charge >= 0.3 is 0 Å². The first-order valence-corrected chi connectivity index (χ1v) is 9.98. The third-order valence-electron chi connectivity index (χ3n) is 5.66. The van der Waals surface area contributed by atoms with Gasteiger partial charge in [0.15, 0.2) is 5.82 Å². The topological polar surface area (TPSA) is 82.5 Å². The number of hydrogen-bond donors (Lipinski definition) is 0. The molecule has 4 heterocycles. The number of carbonyl (C=O) groups is 2. The van der Waals surface area contributed by atoms with Gasteiger partial charge in [-0.25, -0.2) is 15.0 Å². The molecule has 2 aliphatic heterocycles. The van der Waals surface area contributed by atoms with Crippen LogP contribution in [0.3, 0.4) is 0 Å². The van der Waals surface area contributed by atoms with Crippen molar-refractivity contribution in [1.29, 1.82) is 0 Å². The molecule has 0 unspecified atom stereocenters. The quantitative estimate of drug-likeness (QED) is 0.790. The fourth-order valence-electron chi connectivity index (χ4n) is 4.00. The summed E-state index contributed by atoms with van der Waals surface area (Å²) >= 11 is 0. The van der Waals surface area contributed by atoms with Gasteiger partial charge in [0, 0.05) is 70.6 Å². The molecule has 0 radical (unpaired) electrons. The van der Waals surface area contributed by atoms with Crippen molar-refractivity contribution in [2.45, 2.75) is 38.8 Å². The third kappa shape index (κ3) is 3.79. The van der Waals surface area contributed by atoms with E-state index in [4.69, 9.17) is 4.98 Å². The van der Waals surface area contributed by atoms with E-state index in [1.165, 1.54) is 0 Å². The molecule has 8 nitrogen and oxygen atoms in total. The van der Waals surface area contributed by atoms with E-state index in [0.29, 0.717) is 31.0 Å². The number of nitrogens with zero attached hydrogens (tertiary/aromatic N) is 6. The van der Waals surface area contributed by atoms with Crippen molar-refractivity contribution < 1.29 is 9.59 Å². The Morgan fingerprint density at radius 1 is 1.21 bits per heavy atom. The Morgan fingerprint density at radius 2 is 2.03 bits per heavy atom. The molecule has 0 spiro atoms. The van der Waals surface area contributed by atoms with Crippen LogP contribution in [0.4, 0.5) is 5.82 Å². The summed E-state index contributed by atoms with van der Waals surface area (Å²) in [6, 6.07) is 3.46. The van der Waals surface area contributed by atoms with E-state index in [-0.39, 0.29) is 17.9 Å². The molecule has 152 valence electrons. The van der Waals surface area contributed by atoms with Crippen molar-refractivity contribution >= 4 is 17.6 Å². The average Bonchev–Trinajstić information content (AvgIpc) is 3.22. The van der Waals surface area contributed by atoms with Crippen LogP contribution in [0.1, 0.15) is 53.2 Å². The highest BCUT2D eigenvalue weighted by Crippen LogP contribution is 2.32. The van der Waals surface area contributed by atoms with Crippen LogP contribution in [0.5, 0.6) is 0 Å². The van der Waals surface area contributed by atoms with Crippen LogP contribution in [0.15, 0.2) is 24.5 Å². The number of fused-ring (bicyclic) bond motifs is 1. The minimum Gasteiger partial charge on any atom is -0.363 e. The lowest BCUT2D eigenvalue weighted by molar-refractivity contribution is -0.129. The molecular weight excluding hydrogens is 368 g/mol. The zero-order chi connectivity index (χ0) is 20.5. The number of amides is 2. The van der Waals surface area contributed by atoms with Gasteiger partial charge in [-0.2, -0.15) is 0 Å². The predicted molar refractivity (Wildman–Crippen MR) is 108 cm³/mol. The minimum atomic E-state index is -0.116. The van der Waals surface area contributed by atoms with E-state index in [1.54, 1.807) is 19.2 Å². The Labute approximate surface area is 170 Å². The first-order valence-electron chi connectivity index (χ1n) is 9.98. The molecule has 0 bridgehead atoms. The second-order valence-corrected chi connectivity index (χ2v) is 7.84. The van der Waals surface area contributed by atoms with E-state index < -0.39 is 0 Å². The Morgan fingerprint density at radius 3 is 2.79 bits per heavy atom.